The summed E-state index contributed by atoms with van der Waals surface area (Å²) in [7, 11) is 0. The number of rotatable bonds is 5. The highest BCUT2D eigenvalue weighted by Crippen LogP contribution is 2.55. The Labute approximate surface area is 185 Å². The van der Waals surface area contributed by atoms with Crippen molar-refractivity contribution in [3.05, 3.63) is 35.6 Å². The molecular weight excluding hydrogens is 395 g/mol. The van der Waals surface area contributed by atoms with Gasteiger partial charge in [-0.3, -0.25) is 9.59 Å². The van der Waals surface area contributed by atoms with Crippen LogP contribution in [-0.2, 0) is 4.79 Å². The molecule has 2 aliphatic carbocycles. The molecule has 0 spiro atoms. The zero-order valence-corrected chi connectivity index (χ0v) is 19.3. The van der Waals surface area contributed by atoms with Crippen LogP contribution < -0.4 is 10.6 Å². The number of aliphatic hydroxyl groups is 1. The topological polar surface area (TPSA) is 78.4 Å². The van der Waals surface area contributed by atoms with Gasteiger partial charge in [0.25, 0.3) is 5.91 Å². The number of hydrogen-bond acceptors (Lipinski definition) is 3. The number of hydrogen-bond donors (Lipinski definition) is 3. The molecule has 0 aromatic heterocycles. The fourth-order valence-corrected chi connectivity index (χ4v) is 5.99. The van der Waals surface area contributed by atoms with E-state index in [9.17, 15) is 19.1 Å². The average molecular weight is 433 g/mol. The molecule has 5 nitrogen and oxygen atoms in total. The molecular formula is C25H37FN2O3. The van der Waals surface area contributed by atoms with Crippen LogP contribution in [0.4, 0.5) is 4.39 Å². The Balaban J connectivity index is 1.74. The number of aliphatic hydroxyl groups excluding tert-OH is 1. The van der Waals surface area contributed by atoms with Crippen LogP contribution in [0.25, 0.3) is 0 Å². The molecule has 1 aromatic rings. The molecule has 2 amide bonds. The second-order valence-electron chi connectivity index (χ2n) is 10.3. The molecule has 2 saturated carbocycles. The summed E-state index contributed by atoms with van der Waals surface area (Å²) in [6.45, 7) is 10.1. The van der Waals surface area contributed by atoms with Gasteiger partial charge < -0.3 is 15.7 Å². The van der Waals surface area contributed by atoms with Crippen molar-refractivity contribution in [2.45, 2.75) is 78.5 Å². The van der Waals surface area contributed by atoms with Crippen LogP contribution in [0, 0.1) is 34.9 Å². The summed E-state index contributed by atoms with van der Waals surface area (Å²) in [6, 6.07) is 5.67. The maximum atomic E-state index is 13.5. The van der Waals surface area contributed by atoms with Crippen LogP contribution in [0.15, 0.2) is 24.3 Å². The van der Waals surface area contributed by atoms with E-state index < -0.39 is 11.9 Å². The number of amides is 2. The van der Waals surface area contributed by atoms with Gasteiger partial charge in [-0.15, -0.1) is 0 Å². The summed E-state index contributed by atoms with van der Waals surface area (Å²) in [4.78, 5) is 25.3. The standard InChI is InChI=1S/C25H37FN2O3/c1-14(2)27-23(30)15(3)19-9-11-25(5)12-10-20(16(4)21(25)22(19)29)28-24(31)17-7-6-8-18(26)13-17/h6-8,13-16,19-22,29H,9-12H2,1-5H3,(H,27,30)(H,28,31)/t15-,16+,19+,20-,21+,22-,25-/m0/s1. The first-order chi connectivity index (χ1) is 14.5. The quantitative estimate of drug-likeness (QED) is 0.660. The van der Waals surface area contributed by atoms with Gasteiger partial charge in [-0.25, -0.2) is 4.39 Å². The Hall–Kier alpha value is -1.95. The van der Waals surface area contributed by atoms with E-state index in [1.807, 2.05) is 20.8 Å². The lowest BCUT2D eigenvalue weighted by molar-refractivity contribution is -0.142. The van der Waals surface area contributed by atoms with Crippen molar-refractivity contribution < 1.29 is 19.1 Å². The lowest BCUT2D eigenvalue weighted by Crippen LogP contribution is -2.58. The van der Waals surface area contributed by atoms with Gasteiger partial charge in [-0.05, 0) is 80.9 Å². The smallest absolute Gasteiger partial charge is 0.251 e. The fraction of sp³-hybridized carbons (Fsp3) is 0.680. The molecule has 0 aliphatic heterocycles. The van der Waals surface area contributed by atoms with Crippen molar-refractivity contribution in [3.8, 4) is 0 Å². The molecule has 31 heavy (non-hydrogen) atoms. The Morgan fingerprint density at radius 2 is 1.87 bits per heavy atom. The van der Waals surface area contributed by atoms with E-state index >= 15 is 0 Å². The molecule has 0 saturated heterocycles. The van der Waals surface area contributed by atoms with Gasteiger partial charge in [-0.1, -0.05) is 26.8 Å². The highest BCUT2D eigenvalue weighted by atomic mass is 19.1. The first-order valence-corrected chi connectivity index (χ1v) is 11.6. The molecule has 0 bridgehead atoms. The van der Waals surface area contributed by atoms with E-state index in [2.05, 4.69) is 24.5 Å². The van der Waals surface area contributed by atoms with Crippen LogP contribution in [0.2, 0.25) is 0 Å². The molecule has 1 aromatic carbocycles. The van der Waals surface area contributed by atoms with E-state index in [-0.39, 0.29) is 53.0 Å². The number of fused-ring (bicyclic) bond motifs is 1. The highest BCUT2D eigenvalue weighted by molar-refractivity contribution is 5.94. The first kappa shape index (κ1) is 23.7. The average Bonchev–Trinajstić information content (AvgIpc) is 2.69. The molecule has 0 radical (unpaired) electrons. The van der Waals surface area contributed by atoms with Gasteiger partial charge in [0.05, 0.1) is 6.10 Å². The van der Waals surface area contributed by atoms with Crippen LogP contribution in [0.5, 0.6) is 0 Å². The van der Waals surface area contributed by atoms with E-state index in [0.717, 1.165) is 25.7 Å². The SMILES string of the molecule is CC(C)NC(=O)[C@@H](C)[C@H]1CC[C@@]2(C)CC[C@H](NC(=O)c3cccc(F)c3)[C@@H](C)[C@@H]2[C@H]1O. The second-order valence-corrected chi connectivity index (χ2v) is 10.3. The molecule has 3 N–H and O–H groups in total. The third kappa shape index (κ3) is 4.94. The summed E-state index contributed by atoms with van der Waals surface area (Å²) < 4.78 is 13.5. The van der Waals surface area contributed by atoms with Crippen molar-refractivity contribution in [2.24, 2.45) is 29.1 Å². The maximum Gasteiger partial charge on any atom is 0.251 e. The van der Waals surface area contributed by atoms with Crippen molar-refractivity contribution in [2.75, 3.05) is 0 Å². The molecule has 7 atom stereocenters. The Morgan fingerprint density at radius 1 is 1.19 bits per heavy atom. The largest absolute Gasteiger partial charge is 0.392 e. The number of nitrogens with one attached hydrogen (secondary N) is 2. The summed E-state index contributed by atoms with van der Waals surface area (Å²) in [6.07, 6.45) is 2.93. The molecule has 6 heteroatoms. The normalized spacial score (nSPS) is 34.0. The summed E-state index contributed by atoms with van der Waals surface area (Å²) in [5.74, 6) is -1.06. The molecule has 0 unspecified atom stereocenters. The number of benzene rings is 1. The monoisotopic (exact) mass is 432 g/mol. The second kappa shape index (κ2) is 9.27. The lowest BCUT2D eigenvalue weighted by atomic mass is 9.51. The van der Waals surface area contributed by atoms with Gasteiger partial charge in [0.2, 0.25) is 5.91 Å². The fourth-order valence-electron chi connectivity index (χ4n) is 5.99. The minimum atomic E-state index is -0.601. The van der Waals surface area contributed by atoms with Gasteiger partial charge in [0, 0.05) is 23.6 Å². The minimum absolute atomic E-state index is 0.00731. The van der Waals surface area contributed by atoms with Crippen molar-refractivity contribution >= 4 is 11.8 Å². The maximum absolute atomic E-state index is 13.5. The minimum Gasteiger partial charge on any atom is -0.392 e. The van der Waals surface area contributed by atoms with Crippen molar-refractivity contribution in [3.63, 3.8) is 0 Å². The molecule has 2 aliphatic rings. The molecule has 0 heterocycles. The molecule has 3 rings (SSSR count). The number of carbonyl (C=O) groups excluding carboxylic acids is 2. The lowest BCUT2D eigenvalue weighted by Gasteiger charge is -2.56. The van der Waals surface area contributed by atoms with E-state index in [4.69, 9.17) is 0 Å². The van der Waals surface area contributed by atoms with Gasteiger partial charge in [0.1, 0.15) is 5.82 Å². The zero-order valence-electron chi connectivity index (χ0n) is 19.3. The van der Waals surface area contributed by atoms with Gasteiger partial charge in [-0.2, -0.15) is 0 Å². The predicted molar refractivity (Wildman–Crippen MR) is 119 cm³/mol. The Morgan fingerprint density at radius 3 is 2.52 bits per heavy atom. The Kier molecular flexibility index (Phi) is 7.09. The zero-order chi connectivity index (χ0) is 22.9. The number of carbonyl (C=O) groups is 2. The van der Waals surface area contributed by atoms with E-state index in [0.29, 0.717) is 5.56 Å². The summed E-state index contributed by atoms with van der Waals surface area (Å²) in [5.41, 5.74) is 0.297. The van der Waals surface area contributed by atoms with Gasteiger partial charge in [0.15, 0.2) is 0 Å². The van der Waals surface area contributed by atoms with Gasteiger partial charge >= 0.3 is 0 Å². The number of halogens is 1. The third-order valence-electron chi connectivity index (χ3n) is 7.78. The van der Waals surface area contributed by atoms with Crippen molar-refractivity contribution in [1.29, 1.82) is 0 Å². The molecule has 2 fully saturated rings. The molecule has 172 valence electrons. The van der Waals surface area contributed by atoms with Crippen LogP contribution in [0.1, 0.15) is 70.7 Å². The van der Waals surface area contributed by atoms with Crippen molar-refractivity contribution in [1.82, 2.24) is 10.6 Å². The summed E-state index contributed by atoms with van der Waals surface area (Å²) >= 11 is 0. The van der Waals surface area contributed by atoms with Crippen LogP contribution >= 0.6 is 0 Å². The first-order valence-electron chi connectivity index (χ1n) is 11.6. The van der Waals surface area contributed by atoms with E-state index in [1.54, 1.807) is 6.07 Å². The third-order valence-corrected chi connectivity index (χ3v) is 7.78. The van der Waals surface area contributed by atoms with Crippen LogP contribution in [-0.4, -0.2) is 35.1 Å². The predicted octanol–water partition coefficient (Wildman–Crippen LogP) is 3.91. The highest BCUT2D eigenvalue weighted by Gasteiger charge is 2.53. The summed E-state index contributed by atoms with van der Waals surface area (Å²) in [5, 5.41) is 17.5. The van der Waals surface area contributed by atoms with Crippen LogP contribution in [0.3, 0.4) is 0 Å². The van der Waals surface area contributed by atoms with E-state index in [1.165, 1.54) is 18.2 Å². The Bertz CT molecular complexity index is 814.